The zero-order valence-corrected chi connectivity index (χ0v) is 23.1. The molecule has 37 heavy (non-hydrogen) atoms. The number of fused-ring (bicyclic) bond motifs is 1. The van der Waals surface area contributed by atoms with Crippen LogP contribution >= 0.6 is 23.8 Å². The van der Waals surface area contributed by atoms with Crippen molar-refractivity contribution in [2.24, 2.45) is 4.99 Å². The van der Waals surface area contributed by atoms with E-state index in [9.17, 15) is 0 Å². The van der Waals surface area contributed by atoms with Gasteiger partial charge in [0, 0.05) is 48.6 Å². The average molecular weight is 531 g/mol. The van der Waals surface area contributed by atoms with Crippen molar-refractivity contribution in [3.63, 3.8) is 0 Å². The summed E-state index contributed by atoms with van der Waals surface area (Å²) in [5.41, 5.74) is 5.01. The SMILES string of the molecule is Cc1ccc(C)c(NC(=S)/N=C(/Nc2nc(C)cc(C)n2)N2CCN(c3nsc4ccccc34)CC2)c1. The smallest absolute Gasteiger partial charge is 0.229 e. The van der Waals surface area contributed by atoms with Crippen LogP contribution in [-0.4, -0.2) is 56.5 Å². The molecule has 2 N–H and O–H groups in total. The Bertz CT molecular complexity index is 1450. The van der Waals surface area contributed by atoms with Gasteiger partial charge in [0.1, 0.15) is 5.82 Å². The third-order valence-corrected chi connectivity index (χ3v) is 7.30. The average Bonchev–Trinajstić information content (AvgIpc) is 3.30. The van der Waals surface area contributed by atoms with Crippen LogP contribution in [0.4, 0.5) is 17.5 Å². The summed E-state index contributed by atoms with van der Waals surface area (Å²) in [5, 5.41) is 8.23. The van der Waals surface area contributed by atoms with E-state index in [4.69, 9.17) is 21.6 Å². The van der Waals surface area contributed by atoms with Gasteiger partial charge >= 0.3 is 0 Å². The molecule has 8 nitrogen and oxygen atoms in total. The first-order chi connectivity index (χ1) is 17.9. The third kappa shape index (κ3) is 5.86. The van der Waals surface area contributed by atoms with Gasteiger partial charge < -0.3 is 15.1 Å². The molecule has 0 radical (unpaired) electrons. The minimum Gasteiger partial charge on any atom is -0.352 e. The van der Waals surface area contributed by atoms with Crippen LogP contribution in [0.1, 0.15) is 22.5 Å². The summed E-state index contributed by atoms with van der Waals surface area (Å²) in [6.45, 7) is 11.2. The molecule has 0 amide bonds. The number of nitrogens with one attached hydrogen (secondary N) is 2. The Kier molecular flexibility index (Phi) is 7.29. The van der Waals surface area contributed by atoms with Gasteiger partial charge in [0.05, 0.1) is 4.70 Å². The molecular weight excluding hydrogens is 500 g/mol. The van der Waals surface area contributed by atoms with Gasteiger partial charge in [0.2, 0.25) is 17.0 Å². The Morgan fingerprint density at radius 2 is 1.65 bits per heavy atom. The summed E-state index contributed by atoms with van der Waals surface area (Å²) in [4.78, 5) is 18.5. The van der Waals surface area contributed by atoms with Crippen LogP contribution in [0, 0.1) is 27.7 Å². The number of piperazine rings is 1. The number of thiocarbonyl (C=S) groups is 1. The van der Waals surface area contributed by atoms with Crippen LogP contribution in [0.15, 0.2) is 53.5 Å². The number of hydrogen-bond donors (Lipinski definition) is 2. The standard InChI is InChI=1S/C27H30N8S2/c1-17-9-10-18(2)22(15-17)30-27(36)32-26(31-25-28-19(3)16-20(4)29-25)35-13-11-34(12-14-35)24-21-7-5-6-8-23(21)37-33-24/h5-10,15-16H,11-14H2,1-4H3,(H2,28,29,30,31,32,36). The molecule has 0 bridgehead atoms. The molecule has 0 aliphatic carbocycles. The molecule has 3 heterocycles. The molecule has 5 rings (SSSR count). The maximum atomic E-state index is 5.67. The normalized spacial score (nSPS) is 14.2. The molecule has 4 aromatic rings. The predicted molar refractivity (Wildman–Crippen MR) is 158 cm³/mol. The fourth-order valence-corrected chi connectivity index (χ4v) is 5.39. The lowest BCUT2D eigenvalue weighted by molar-refractivity contribution is 0.384. The molecule has 1 fully saturated rings. The monoisotopic (exact) mass is 530 g/mol. The van der Waals surface area contributed by atoms with Crippen molar-refractivity contribution in [1.82, 2.24) is 19.2 Å². The molecule has 190 valence electrons. The predicted octanol–water partition coefficient (Wildman–Crippen LogP) is 5.31. The lowest BCUT2D eigenvalue weighted by Gasteiger charge is -2.36. The highest BCUT2D eigenvalue weighted by Gasteiger charge is 2.24. The second kappa shape index (κ2) is 10.8. The zero-order chi connectivity index (χ0) is 25.9. The molecule has 0 unspecified atom stereocenters. The van der Waals surface area contributed by atoms with Crippen LogP contribution in [0.2, 0.25) is 0 Å². The highest BCUT2D eigenvalue weighted by atomic mass is 32.1. The summed E-state index contributed by atoms with van der Waals surface area (Å²) in [7, 11) is 0. The summed E-state index contributed by atoms with van der Waals surface area (Å²) >= 11 is 7.22. The number of hydrogen-bond acceptors (Lipinski definition) is 6. The first kappa shape index (κ1) is 25.0. The molecule has 2 aromatic carbocycles. The Balaban J connectivity index is 1.37. The number of aromatic nitrogens is 3. The Hall–Kier alpha value is -3.63. The van der Waals surface area contributed by atoms with Gasteiger partial charge in [-0.15, -0.1) is 0 Å². The lowest BCUT2D eigenvalue weighted by atomic mass is 10.1. The van der Waals surface area contributed by atoms with E-state index in [0.29, 0.717) is 17.0 Å². The van der Waals surface area contributed by atoms with Crippen molar-refractivity contribution >= 4 is 62.4 Å². The van der Waals surface area contributed by atoms with Gasteiger partial charge in [0.25, 0.3) is 0 Å². The van der Waals surface area contributed by atoms with Gasteiger partial charge in [-0.2, -0.15) is 9.37 Å². The maximum absolute atomic E-state index is 5.67. The van der Waals surface area contributed by atoms with Crippen LogP contribution in [0.3, 0.4) is 0 Å². The second-order valence-electron chi connectivity index (χ2n) is 9.26. The van der Waals surface area contributed by atoms with E-state index in [1.807, 2.05) is 19.9 Å². The van der Waals surface area contributed by atoms with Crippen LogP contribution in [-0.2, 0) is 0 Å². The maximum Gasteiger partial charge on any atom is 0.229 e. The number of nitrogens with zero attached hydrogens (tertiary/aromatic N) is 6. The number of guanidine groups is 1. The van der Waals surface area contributed by atoms with Gasteiger partial charge in [-0.3, -0.25) is 5.32 Å². The van der Waals surface area contributed by atoms with Crippen molar-refractivity contribution in [3.8, 4) is 0 Å². The van der Waals surface area contributed by atoms with Crippen molar-refractivity contribution in [2.45, 2.75) is 27.7 Å². The van der Waals surface area contributed by atoms with Crippen LogP contribution in [0.25, 0.3) is 10.1 Å². The molecule has 0 atom stereocenters. The largest absolute Gasteiger partial charge is 0.352 e. The lowest BCUT2D eigenvalue weighted by Crippen LogP contribution is -2.51. The van der Waals surface area contributed by atoms with Crippen molar-refractivity contribution in [2.75, 3.05) is 41.7 Å². The number of rotatable bonds is 3. The second-order valence-corrected chi connectivity index (χ2v) is 10.5. The van der Waals surface area contributed by atoms with Crippen molar-refractivity contribution in [1.29, 1.82) is 0 Å². The highest BCUT2D eigenvalue weighted by molar-refractivity contribution is 7.80. The molecule has 1 aliphatic heterocycles. The first-order valence-electron chi connectivity index (χ1n) is 12.3. The van der Waals surface area contributed by atoms with Gasteiger partial charge in [-0.05, 0) is 86.8 Å². The van der Waals surface area contributed by atoms with E-state index in [1.165, 1.54) is 10.1 Å². The molecule has 1 saturated heterocycles. The molecular formula is C27H30N8S2. The number of benzene rings is 2. The van der Waals surface area contributed by atoms with E-state index in [0.717, 1.165) is 60.2 Å². The molecule has 1 aliphatic rings. The van der Waals surface area contributed by atoms with Crippen LogP contribution in [0.5, 0.6) is 0 Å². The van der Waals surface area contributed by atoms with E-state index in [-0.39, 0.29) is 0 Å². The minimum atomic E-state index is 0.383. The topological polar surface area (TPSA) is 81.6 Å². The fraction of sp³-hybridized carbons (Fsp3) is 0.296. The Morgan fingerprint density at radius 1 is 0.919 bits per heavy atom. The number of aliphatic imine (C=N–C) groups is 1. The minimum absolute atomic E-state index is 0.383. The van der Waals surface area contributed by atoms with Gasteiger partial charge in [-0.25, -0.2) is 9.97 Å². The summed E-state index contributed by atoms with van der Waals surface area (Å²) in [5.74, 6) is 2.20. The molecule has 2 aromatic heterocycles. The van der Waals surface area contributed by atoms with Crippen molar-refractivity contribution < 1.29 is 0 Å². The summed E-state index contributed by atoms with van der Waals surface area (Å²) < 4.78 is 5.95. The van der Waals surface area contributed by atoms with E-state index >= 15 is 0 Å². The fourth-order valence-electron chi connectivity index (χ4n) is 4.40. The Morgan fingerprint density at radius 3 is 2.41 bits per heavy atom. The molecule has 0 saturated carbocycles. The van der Waals surface area contributed by atoms with Crippen molar-refractivity contribution in [3.05, 3.63) is 71.0 Å². The number of aryl methyl sites for hydroxylation is 4. The van der Waals surface area contributed by atoms with E-state index < -0.39 is 0 Å². The van der Waals surface area contributed by atoms with Gasteiger partial charge in [0.15, 0.2) is 0 Å². The quantitative estimate of drug-likeness (QED) is 0.210. The summed E-state index contributed by atoms with van der Waals surface area (Å²) in [6.07, 6.45) is 0. The van der Waals surface area contributed by atoms with E-state index in [1.54, 1.807) is 11.5 Å². The molecule has 0 spiro atoms. The Labute approximate surface area is 226 Å². The molecule has 10 heteroatoms. The van der Waals surface area contributed by atoms with E-state index in [2.05, 4.69) is 86.7 Å². The van der Waals surface area contributed by atoms with Crippen LogP contribution < -0.4 is 15.5 Å². The first-order valence-corrected chi connectivity index (χ1v) is 13.4. The number of anilines is 3. The van der Waals surface area contributed by atoms with Gasteiger partial charge in [-0.1, -0.05) is 24.3 Å². The summed E-state index contributed by atoms with van der Waals surface area (Å²) in [6, 6.07) is 16.6. The third-order valence-electron chi connectivity index (χ3n) is 6.29. The zero-order valence-electron chi connectivity index (χ0n) is 21.4. The highest BCUT2D eigenvalue weighted by Crippen LogP contribution is 2.30.